The molecule has 0 saturated carbocycles. The van der Waals surface area contributed by atoms with Gasteiger partial charge in [0, 0.05) is 0 Å². The zero-order chi connectivity index (χ0) is 10.3. The molecule has 0 aliphatic heterocycles. The number of carbonyl (C=O) groups is 2. The standard InChI is InChI=1S/C7H14N2O4/c8-4-2-1-3-5(9)6(10)13-7(11)12/h5H,1-4,8-9H2,(H,11,12)/t5-/m0/s1. The van der Waals surface area contributed by atoms with Crippen molar-refractivity contribution in [2.75, 3.05) is 6.54 Å². The maximum absolute atomic E-state index is 10.8. The lowest BCUT2D eigenvalue weighted by molar-refractivity contribution is -0.140. The van der Waals surface area contributed by atoms with Crippen LogP contribution in [0.25, 0.3) is 0 Å². The highest BCUT2D eigenvalue weighted by Crippen LogP contribution is 1.99. The summed E-state index contributed by atoms with van der Waals surface area (Å²) in [6.07, 6.45) is 0.211. The number of ether oxygens (including phenoxy) is 1. The van der Waals surface area contributed by atoms with Crippen molar-refractivity contribution < 1.29 is 19.4 Å². The Balaban J connectivity index is 3.63. The Kier molecular flexibility index (Phi) is 5.82. The number of nitrogens with two attached hydrogens (primary N) is 2. The number of carboxylic acid groups (broad SMARTS) is 1. The van der Waals surface area contributed by atoms with E-state index in [1.54, 1.807) is 0 Å². The number of unbranched alkanes of at least 4 members (excludes halogenated alkanes) is 1. The van der Waals surface area contributed by atoms with E-state index in [-0.39, 0.29) is 0 Å². The van der Waals surface area contributed by atoms with E-state index in [0.29, 0.717) is 19.4 Å². The Morgan fingerprint density at radius 1 is 1.38 bits per heavy atom. The fourth-order valence-corrected chi connectivity index (χ4v) is 0.788. The van der Waals surface area contributed by atoms with Gasteiger partial charge in [0.2, 0.25) is 0 Å². The second-order valence-corrected chi connectivity index (χ2v) is 2.58. The molecule has 0 bridgehead atoms. The number of rotatable bonds is 5. The number of esters is 1. The van der Waals surface area contributed by atoms with Crippen molar-refractivity contribution in [3.05, 3.63) is 0 Å². The summed E-state index contributed by atoms with van der Waals surface area (Å²) >= 11 is 0. The zero-order valence-corrected chi connectivity index (χ0v) is 7.23. The van der Waals surface area contributed by atoms with Crippen LogP contribution in [-0.4, -0.2) is 29.8 Å². The molecule has 0 aliphatic carbocycles. The molecule has 0 radical (unpaired) electrons. The summed E-state index contributed by atoms with van der Waals surface area (Å²) in [5, 5.41) is 8.09. The molecule has 6 heteroatoms. The maximum atomic E-state index is 10.8. The summed E-state index contributed by atoms with van der Waals surface area (Å²) in [6.45, 7) is 0.528. The molecule has 0 saturated heterocycles. The zero-order valence-electron chi connectivity index (χ0n) is 7.23. The van der Waals surface area contributed by atoms with E-state index in [1.165, 1.54) is 0 Å². The lowest BCUT2D eigenvalue weighted by Crippen LogP contribution is -2.33. The van der Waals surface area contributed by atoms with Crippen LogP contribution in [0.4, 0.5) is 4.79 Å². The van der Waals surface area contributed by atoms with Gasteiger partial charge in [0.15, 0.2) is 0 Å². The van der Waals surface area contributed by atoms with Crippen molar-refractivity contribution in [1.82, 2.24) is 0 Å². The molecule has 0 spiro atoms. The van der Waals surface area contributed by atoms with Crippen LogP contribution < -0.4 is 11.5 Å². The van der Waals surface area contributed by atoms with Crippen LogP contribution in [0.3, 0.4) is 0 Å². The predicted molar refractivity (Wildman–Crippen MR) is 45.0 cm³/mol. The first-order valence-electron chi connectivity index (χ1n) is 3.98. The van der Waals surface area contributed by atoms with E-state index in [4.69, 9.17) is 16.6 Å². The highest BCUT2D eigenvalue weighted by molar-refractivity contribution is 5.84. The molecular formula is C7H14N2O4. The van der Waals surface area contributed by atoms with E-state index in [0.717, 1.165) is 6.42 Å². The summed E-state index contributed by atoms with van der Waals surface area (Å²) in [5.74, 6) is -0.912. The monoisotopic (exact) mass is 190 g/mol. The molecule has 0 heterocycles. The Morgan fingerprint density at radius 2 is 2.00 bits per heavy atom. The topological polar surface area (TPSA) is 116 Å². The largest absolute Gasteiger partial charge is 0.513 e. The minimum Gasteiger partial charge on any atom is -0.449 e. The molecule has 6 nitrogen and oxygen atoms in total. The fourth-order valence-electron chi connectivity index (χ4n) is 0.788. The molecule has 0 aromatic carbocycles. The number of hydrogen-bond donors (Lipinski definition) is 3. The van der Waals surface area contributed by atoms with E-state index in [1.807, 2.05) is 0 Å². The van der Waals surface area contributed by atoms with E-state index in [2.05, 4.69) is 4.74 Å². The Hall–Kier alpha value is -1.14. The summed E-state index contributed by atoms with van der Waals surface area (Å²) in [6, 6.07) is -0.873. The van der Waals surface area contributed by atoms with Gasteiger partial charge in [0.05, 0.1) is 0 Å². The first kappa shape index (κ1) is 11.9. The van der Waals surface area contributed by atoms with Crippen LogP contribution in [0.15, 0.2) is 0 Å². The van der Waals surface area contributed by atoms with Crippen LogP contribution in [0.5, 0.6) is 0 Å². The third-order valence-electron chi connectivity index (χ3n) is 1.46. The van der Waals surface area contributed by atoms with Crippen molar-refractivity contribution in [1.29, 1.82) is 0 Å². The normalized spacial score (nSPS) is 12.2. The van der Waals surface area contributed by atoms with Gasteiger partial charge in [-0.15, -0.1) is 0 Å². The van der Waals surface area contributed by atoms with Crippen LogP contribution >= 0.6 is 0 Å². The van der Waals surface area contributed by atoms with Gasteiger partial charge in [-0.3, -0.25) is 0 Å². The van der Waals surface area contributed by atoms with Crippen molar-refractivity contribution in [3.63, 3.8) is 0 Å². The van der Waals surface area contributed by atoms with Crippen molar-refractivity contribution in [2.24, 2.45) is 11.5 Å². The van der Waals surface area contributed by atoms with Gasteiger partial charge in [0.1, 0.15) is 6.04 Å². The molecule has 1 atom stereocenters. The summed E-state index contributed by atoms with van der Waals surface area (Å²) in [5.41, 5.74) is 10.5. The average molecular weight is 190 g/mol. The minimum atomic E-state index is -1.63. The molecule has 76 valence electrons. The molecule has 0 aromatic rings. The molecule has 5 N–H and O–H groups in total. The van der Waals surface area contributed by atoms with Crippen LogP contribution in [0.1, 0.15) is 19.3 Å². The molecule has 0 unspecified atom stereocenters. The van der Waals surface area contributed by atoms with Crippen molar-refractivity contribution in [2.45, 2.75) is 25.3 Å². The Labute approximate surface area is 75.8 Å². The highest BCUT2D eigenvalue weighted by Gasteiger charge is 2.17. The fraction of sp³-hybridized carbons (Fsp3) is 0.714. The van der Waals surface area contributed by atoms with Crippen molar-refractivity contribution >= 4 is 12.1 Å². The molecule has 0 aromatic heterocycles. The summed E-state index contributed by atoms with van der Waals surface area (Å²) in [7, 11) is 0. The first-order chi connectivity index (χ1) is 6.07. The van der Waals surface area contributed by atoms with E-state index < -0.39 is 18.2 Å². The molecule has 0 rings (SSSR count). The second kappa shape index (κ2) is 6.38. The summed E-state index contributed by atoms with van der Waals surface area (Å²) in [4.78, 5) is 20.7. The quantitative estimate of drug-likeness (QED) is 0.310. The van der Waals surface area contributed by atoms with Gasteiger partial charge < -0.3 is 21.3 Å². The SMILES string of the molecule is NCCCC[C@H](N)C(=O)OC(=O)O. The van der Waals surface area contributed by atoms with Crippen LogP contribution in [0, 0.1) is 0 Å². The predicted octanol–water partition coefficient (Wildman–Crippen LogP) is -0.336. The van der Waals surface area contributed by atoms with Gasteiger partial charge in [-0.25, -0.2) is 9.59 Å². The Bertz CT molecular complexity index is 183. The van der Waals surface area contributed by atoms with Gasteiger partial charge in [-0.2, -0.15) is 0 Å². The smallest absolute Gasteiger partial charge is 0.449 e. The van der Waals surface area contributed by atoms with Crippen LogP contribution in [0.2, 0.25) is 0 Å². The first-order valence-corrected chi connectivity index (χ1v) is 3.98. The number of carbonyl (C=O) groups excluding carboxylic acids is 1. The van der Waals surface area contributed by atoms with Gasteiger partial charge in [0.25, 0.3) is 0 Å². The summed E-state index contributed by atoms with van der Waals surface area (Å²) < 4.78 is 3.86. The lowest BCUT2D eigenvalue weighted by Gasteiger charge is -2.07. The van der Waals surface area contributed by atoms with Gasteiger partial charge in [-0.1, -0.05) is 6.42 Å². The Morgan fingerprint density at radius 3 is 2.46 bits per heavy atom. The molecule has 0 fully saturated rings. The van der Waals surface area contributed by atoms with Crippen LogP contribution in [-0.2, 0) is 9.53 Å². The highest BCUT2D eigenvalue weighted by atomic mass is 16.7. The van der Waals surface area contributed by atoms with Crippen molar-refractivity contribution in [3.8, 4) is 0 Å². The van der Waals surface area contributed by atoms with E-state index >= 15 is 0 Å². The molecular weight excluding hydrogens is 176 g/mol. The minimum absolute atomic E-state index is 0.392. The molecule has 13 heavy (non-hydrogen) atoms. The molecule has 0 amide bonds. The lowest BCUT2D eigenvalue weighted by atomic mass is 10.1. The third kappa shape index (κ3) is 6.06. The average Bonchev–Trinajstić information content (AvgIpc) is 2.03. The van der Waals surface area contributed by atoms with Gasteiger partial charge >= 0.3 is 12.1 Å². The third-order valence-corrected chi connectivity index (χ3v) is 1.46. The molecule has 0 aliphatic rings. The second-order valence-electron chi connectivity index (χ2n) is 2.58. The number of hydrogen-bond acceptors (Lipinski definition) is 5. The van der Waals surface area contributed by atoms with E-state index in [9.17, 15) is 9.59 Å². The maximum Gasteiger partial charge on any atom is 0.513 e. The van der Waals surface area contributed by atoms with Gasteiger partial charge in [-0.05, 0) is 19.4 Å².